The van der Waals surface area contributed by atoms with Crippen molar-refractivity contribution in [2.24, 2.45) is 34.2 Å². The van der Waals surface area contributed by atoms with E-state index in [-0.39, 0.29) is 34.8 Å². The SMILES string of the molecule is CC(=O)O[C@H]1C(C)=C[C@@H]2CCC[C@](C)(C(C)CN(C(C)=O)C3CC3)[C@]2(O)[C@H]1[C@]1(C(=O)O)C[C@@]2(OC(=O)OC(C)(C)C)C3=CC(C)C=C(Cl)C3=NO[C@H]2[N+]1(C(=O)O)C(C)(C)C. The summed E-state index contributed by atoms with van der Waals surface area (Å²) in [6.07, 6.45) is 1.09. The summed E-state index contributed by atoms with van der Waals surface area (Å²) in [7, 11) is 0. The molecule has 15 nitrogen and oxygen atoms in total. The van der Waals surface area contributed by atoms with Crippen LogP contribution in [0, 0.1) is 29.1 Å². The molecule has 332 valence electrons. The number of hydrogen-bond acceptors (Lipinski definition) is 11. The number of likely N-dealkylation sites (tertiary alicyclic amines) is 1. The van der Waals surface area contributed by atoms with E-state index in [1.807, 2.05) is 19.9 Å². The van der Waals surface area contributed by atoms with Crippen LogP contribution in [0.5, 0.6) is 0 Å². The smallest absolute Gasteiger partial charge is 0.477 e. The molecule has 3 unspecified atom stereocenters. The number of carboxylic acids is 1. The van der Waals surface area contributed by atoms with E-state index in [2.05, 4.69) is 5.16 Å². The Balaban J connectivity index is 1.76. The third-order valence-electron chi connectivity index (χ3n) is 14.5. The molecule has 2 heterocycles. The first kappa shape index (κ1) is 45.6. The minimum absolute atomic E-state index is 0.0153. The van der Waals surface area contributed by atoms with Crippen LogP contribution in [-0.2, 0) is 33.4 Å². The molecule has 16 heteroatoms. The van der Waals surface area contributed by atoms with Gasteiger partial charge in [-0.2, -0.15) is 9.28 Å². The lowest BCUT2D eigenvalue weighted by Crippen LogP contribution is -2.85. The molecule has 0 aromatic rings. The van der Waals surface area contributed by atoms with Crippen LogP contribution in [0.15, 0.2) is 39.6 Å². The third-order valence-corrected chi connectivity index (χ3v) is 14.8. The molecule has 4 aliphatic carbocycles. The zero-order valence-electron chi connectivity index (χ0n) is 37.0. The van der Waals surface area contributed by atoms with Crippen LogP contribution < -0.4 is 0 Å². The van der Waals surface area contributed by atoms with Crippen LogP contribution in [0.1, 0.15) is 122 Å². The lowest BCUT2D eigenvalue weighted by Gasteiger charge is -2.65. The monoisotopic (exact) mass is 860 g/mol. The third kappa shape index (κ3) is 6.58. The Kier molecular flexibility index (Phi) is 11.3. The van der Waals surface area contributed by atoms with Gasteiger partial charge in [0.25, 0.3) is 0 Å². The molecule has 0 radical (unpaired) electrons. The van der Waals surface area contributed by atoms with Gasteiger partial charge in [0.2, 0.25) is 17.0 Å². The van der Waals surface area contributed by atoms with Crippen molar-refractivity contribution in [3.63, 3.8) is 0 Å². The number of esters is 1. The lowest BCUT2D eigenvalue weighted by atomic mass is 9.44. The number of aliphatic hydroxyl groups is 1. The fourth-order valence-corrected chi connectivity index (χ4v) is 12.2. The van der Waals surface area contributed by atoms with Crippen molar-refractivity contribution in [2.45, 2.75) is 168 Å². The molecule has 2 saturated carbocycles. The van der Waals surface area contributed by atoms with Gasteiger partial charge in [-0.05, 0) is 91.6 Å². The summed E-state index contributed by atoms with van der Waals surface area (Å²) in [4.78, 5) is 78.8. The van der Waals surface area contributed by atoms with Crippen molar-refractivity contribution in [2.75, 3.05) is 6.54 Å². The highest BCUT2D eigenvalue weighted by Gasteiger charge is 2.91. The number of rotatable bonds is 8. The van der Waals surface area contributed by atoms with E-state index in [4.69, 9.17) is 30.6 Å². The molecule has 2 aliphatic heterocycles. The van der Waals surface area contributed by atoms with Crippen molar-refractivity contribution >= 4 is 47.4 Å². The van der Waals surface area contributed by atoms with Gasteiger partial charge in [0.05, 0.1) is 23.0 Å². The Morgan fingerprint density at radius 1 is 1.05 bits per heavy atom. The highest BCUT2D eigenvalue weighted by Crippen LogP contribution is 2.69. The maximum absolute atomic E-state index is 15.3. The van der Waals surface area contributed by atoms with Gasteiger partial charge in [0.1, 0.15) is 23.0 Å². The highest BCUT2D eigenvalue weighted by atomic mass is 35.5. The van der Waals surface area contributed by atoms with Gasteiger partial charge in [-0.1, -0.05) is 62.2 Å². The number of carboxylic acid groups (broad SMARTS) is 2. The van der Waals surface area contributed by atoms with Crippen LogP contribution in [0.25, 0.3) is 0 Å². The summed E-state index contributed by atoms with van der Waals surface area (Å²) < 4.78 is 16.8. The molecule has 3 N–H and O–H groups in total. The molecular formula is C44H63ClN3O12+. The Bertz CT molecular complexity index is 1980. The number of ether oxygens (including phenoxy) is 3. The van der Waals surface area contributed by atoms with Crippen molar-refractivity contribution in [1.29, 1.82) is 0 Å². The summed E-state index contributed by atoms with van der Waals surface area (Å²) in [5, 5.41) is 43.2. The lowest BCUT2D eigenvalue weighted by molar-refractivity contribution is -0.978. The number of hydrogen-bond donors (Lipinski definition) is 3. The van der Waals surface area contributed by atoms with E-state index in [0.717, 1.165) is 12.8 Å². The van der Waals surface area contributed by atoms with Gasteiger partial charge in [0, 0.05) is 43.3 Å². The quantitative estimate of drug-likeness (QED) is 0.125. The largest absolute Gasteiger partial charge is 0.518 e. The molecule has 0 aromatic carbocycles. The van der Waals surface area contributed by atoms with E-state index < -0.39 is 104 Å². The Morgan fingerprint density at radius 2 is 1.68 bits per heavy atom. The molecule has 0 aromatic heterocycles. The standard InChI is InChI=1S/C44H62ClN3O12/c1-23-18-30-32(31(45)19-23)46-60-35-43(30,59-38(55)58-40(9,10)11)22-42(36(51)52,48(35,37(53)54)39(6,7)8)34-33(57-27(5)50)24(2)20-28-14-13-17-41(12,44(28,34)56)25(3)21-47(26(4)49)29-15-16-29/h18-20,23,25,28-29,33-35,56H,13-17,21-22H2,1-12H3,(H-,51,52,53,54)/p+1/t23?,25?,28-,33-,34+,35+,41+,42-,43+,44+,48?/m0/s1. The summed E-state index contributed by atoms with van der Waals surface area (Å²) in [6.45, 7) is 19.7. The Labute approximate surface area is 357 Å². The van der Waals surface area contributed by atoms with Crippen LogP contribution in [0.3, 0.4) is 0 Å². The van der Waals surface area contributed by atoms with Crippen LogP contribution in [0.4, 0.5) is 9.59 Å². The van der Waals surface area contributed by atoms with Gasteiger partial charge in [0.15, 0.2) is 0 Å². The summed E-state index contributed by atoms with van der Waals surface area (Å²) in [5.41, 5.74) is -10.6. The Hall–Kier alpha value is -3.95. The van der Waals surface area contributed by atoms with Crippen molar-refractivity contribution in [3.8, 4) is 0 Å². The number of allylic oxidation sites excluding steroid dienone is 3. The molecular weight excluding hydrogens is 798 g/mol. The number of aliphatic carboxylic acids is 1. The maximum Gasteiger partial charge on any atom is 0.518 e. The van der Waals surface area contributed by atoms with Gasteiger partial charge < -0.3 is 39.3 Å². The van der Waals surface area contributed by atoms with E-state index in [9.17, 15) is 34.5 Å². The zero-order valence-corrected chi connectivity index (χ0v) is 37.7. The molecule has 11 atom stereocenters. The number of halogens is 1. The number of oxime groups is 1. The number of carbonyl (C=O) groups excluding carboxylic acids is 3. The second-order valence-electron chi connectivity index (χ2n) is 20.4. The number of carbonyl (C=O) groups is 5. The van der Waals surface area contributed by atoms with E-state index in [1.165, 1.54) is 13.8 Å². The fourth-order valence-electron chi connectivity index (χ4n) is 11.9. The van der Waals surface area contributed by atoms with Crippen LogP contribution in [0.2, 0.25) is 0 Å². The van der Waals surface area contributed by atoms with Crippen molar-refractivity contribution < 1.29 is 62.8 Å². The Morgan fingerprint density at radius 3 is 2.20 bits per heavy atom. The predicted octanol–water partition coefficient (Wildman–Crippen LogP) is 7.30. The van der Waals surface area contributed by atoms with Gasteiger partial charge in [-0.3, -0.25) is 9.59 Å². The van der Waals surface area contributed by atoms with Crippen molar-refractivity contribution in [1.82, 2.24) is 4.90 Å². The number of fused-ring (bicyclic) bond motifs is 4. The minimum Gasteiger partial charge on any atom is -0.477 e. The minimum atomic E-state index is -2.75. The first-order valence-corrected chi connectivity index (χ1v) is 21.4. The molecule has 2 amide bonds. The van der Waals surface area contributed by atoms with Gasteiger partial charge in [-0.15, -0.1) is 0 Å². The van der Waals surface area contributed by atoms with E-state index >= 15 is 4.79 Å². The first-order chi connectivity index (χ1) is 27.6. The average Bonchev–Trinajstić information content (AvgIpc) is 3.88. The van der Waals surface area contributed by atoms with Crippen LogP contribution >= 0.6 is 11.6 Å². The number of nitrogens with zero attached hydrogens (tertiary/aromatic N) is 3. The van der Waals surface area contributed by atoms with Gasteiger partial charge in [-0.25, -0.2) is 9.59 Å². The topological polar surface area (TPSA) is 199 Å². The maximum atomic E-state index is 15.3. The average molecular weight is 861 g/mol. The summed E-state index contributed by atoms with van der Waals surface area (Å²) in [6, 6.07) is 0.0319. The van der Waals surface area contributed by atoms with Crippen LogP contribution in [-0.4, -0.2) is 113 Å². The fraction of sp³-hybridized carbons (Fsp3) is 0.727. The summed E-state index contributed by atoms with van der Waals surface area (Å²) in [5.74, 6) is -6.00. The molecule has 6 aliphatic rings. The predicted molar refractivity (Wildman–Crippen MR) is 219 cm³/mol. The molecule has 1 saturated heterocycles. The highest BCUT2D eigenvalue weighted by molar-refractivity contribution is 6.47. The van der Waals surface area contributed by atoms with Gasteiger partial charge >= 0.3 is 30.4 Å². The summed E-state index contributed by atoms with van der Waals surface area (Å²) >= 11 is 6.83. The number of amides is 2. The van der Waals surface area contributed by atoms with E-state index in [1.54, 1.807) is 72.4 Å². The molecule has 0 spiro atoms. The second-order valence-corrected chi connectivity index (χ2v) is 20.8. The number of quaternary nitrogens is 1. The molecule has 60 heavy (non-hydrogen) atoms. The first-order valence-electron chi connectivity index (χ1n) is 21.0. The molecule has 6 rings (SSSR count). The second kappa shape index (κ2) is 14.9. The molecule has 0 bridgehead atoms. The molecule has 3 fully saturated rings. The normalized spacial score (nSPS) is 37.9. The van der Waals surface area contributed by atoms with Crippen molar-refractivity contribution in [3.05, 3.63) is 34.4 Å². The zero-order chi connectivity index (χ0) is 44.9. The van der Waals surface area contributed by atoms with E-state index in [0.29, 0.717) is 24.8 Å².